The summed E-state index contributed by atoms with van der Waals surface area (Å²) < 4.78 is 0.966. The second-order valence-corrected chi connectivity index (χ2v) is 7.41. The molecule has 128 valence electrons. The molecule has 0 unspecified atom stereocenters. The third-order valence-corrected chi connectivity index (χ3v) is 5.67. The maximum atomic E-state index is 12.4. The van der Waals surface area contributed by atoms with Gasteiger partial charge in [-0.3, -0.25) is 15.6 Å². The number of carbonyl (C=O) groups excluding carboxylic acids is 1. The number of thiocarbonyl (C=S) groups is 1. The number of halogens is 1. The zero-order valence-electron chi connectivity index (χ0n) is 13.6. The lowest BCUT2D eigenvalue weighted by atomic mass is 10.1. The van der Waals surface area contributed by atoms with Crippen LogP contribution in [0.15, 0.2) is 42.5 Å². The zero-order chi connectivity index (χ0) is 18.0. The van der Waals surface area contributed by atoms with Crippen LogP contribution in [0.25, 0.3) is 10.1 Å². The van der Waals surface area contributed by atoms with Gasteiger partial charge in [-0.1, -0.05) is 35.9 Å². The number of anilines is 1. The molecule has 7 heteroatoms. The summed E-state index contributed by atoms with van der Waals surface area (Å²) in [4.78, 5) is 12.8. The molecular formula is C18H16ClN3OS2. The Balaban J connectivity index is 1.64. The van der Waals surface area contributed by atoms with E-state index in [1.807, 2.05) is 56.3 Å². The van der Waals surface area contributed by atoms with Crippen molar-refractivity contribution < 1.29 is 4.79 Å². The van der Waals surface area contributed by atoms with Gasteiger partial charge in [-0.15, -0.1) is 11.3 Å². The Bertz CT molecular complexity index is 968. The Labute approximate surface area is 160 Å². The van der Waals surface area contributed by atoms with E-state index >= 15 is 0 Å². The number of thiophene rings is 1. The highest BCUT2D eigenvalue weighted by Crippen LogP contribution is 2.34. The van der Waals surface area contributed by atoms with Gasteiger partial charge >= 0.3 is 0 Å². The van der Waals surface area contributed by atoms with Gasteiger partial charge in [0.2, 0.25) is 0 Å². The first-order valence-electron chi connectivity index (χ1n) is 7.57. The summed E-state index contributed by atoms with van der Waals surface area (Å²) in [5.74, 6) is -0.324. The molecule has 1 heterocycles. The van der Waals surface area contributed by atoms with Gasteiger partial charge in [0.25, 0.3) is 5.91 Å². The molecule has 25 heavy (non-hydrogen) atoms. The van der Waals surface area contributed by atoms with E-state index in [0.717, 1.165) is 21.3 Å². The highest BCUT2D eigenvalue weighted by atomic mass is 35.5. The van der Waals surface area contributed by atoms with Crippen LogP contribution >= 0.6 is 35.2 Å². The molecule has 3 aromatic rings. The number of nitrogens with one attached hydrogen (secondary N) is 3. The summed E-state index contributed by atoms with van der Waals surface area (Å²) in [6.45, 7) is 4.08. The van der Waals surface area contributed by atoms with Crippen molar-refractivity contribution in [1.82, 2.24) is 10.9 Å². The van der Waals surface area contributed by atoms with E-state index in [1.54, 1.807) is 0 Å². The number of hydrogen-bond donors (Lipinski definition) is 3. The number of hydrogen-bond acceptors (Lipinski definition) is 3. The van der Waals surface area contributed by atoms with Gasteiger partial charge in [0.05, 0.1) is 5.02 Å². The summed E-state index contributed by atoms with van der Waals surface area (Å²) in [6.07, 6.45) is 0. The fourth-order valence-electron chi connectivity index (χ4n) is 2.31. The largest absolute Gasteiger partial charge is 0.331 e. The SMILES string of the molecule is Cc1ccc(NC(=S)NNC(=O)c2sc3ccccc3c2Cl)cc1C. The molecule has 0 bridgehead atoms. The van der Waals surface area contributed by atoms with Crippen LogP contribution in [0.2, 0.25) is 5.02 Å². The summed E-state index contributed by atoms with van der Waals surface area (Å²) >= 11 is 12.9. The fraction of sp³-hybridized carbons (Fsp3) is 0.111. The molecule has 4 nitrogen and oxygen atoms in total. The topological polar surface area (TPSA) is 53.2 Å². The highest BCUT2D eigenvalue weighted by molar-refractivity contribution is 7.80. The van der Waals surface area contributed by atoms with Crippen LogP contribution < -0.4 is 16.2 Å². The van der Waals surface area contributed by atoms with Gasteiger partial charge < -0.3 is 5.32 Å². The van der Waals surface area contributed by atoms with Gasteiger partial charge in [-0.25, -0.2) is 0 Å². The van der Waals surface area contributed by atoms with E-state index in [9.17, 15) is 4.79 Å². The molecule has 0 saturated heterocycles. The lowest BCUT2D eigenvalue weighted by Crippen LogP contribution is -2.43. The Morgan fingerprint density at radius 1 is 1.08 bits per heavy atom. The Morgan fingerprint density at radius 3 is 2.56 bits per heavy atom. The minimum atomic E-state index is -0.324. The second-order valence-electron chi connectivity index (χ2n) is 5.57. The lowest BCUT2D eigenvalue weighted by Gasteiger charge is -2.12. The van der Waals surface area contributed by atoms with Crippen molar-refractivity contribution in [3.63, 3.8) is 0 Å². The molecule has 1 amide bonds. The maximum absolute atomic E-state index is 12.4. The predicted octanol–water partition coefficient (Wildman–Crippen LogP) is 4.80. The Hall–Kier alpha value is -2.15. The van der Waals surface area contributed by atoms with Gasteiger partial charge in [-0.05, 0) is 55.4 Å². The average molecular weight is 390 g/mol. The molecule has 0 aliphatic carbocycles. The van der Waals surface area contributed by atoms with Crippen molar-refractivity contribution >= 4 is 61.9 Å². The Kier molecular flexibility index (Phi) is 5.22. The van der Waals surface area contributed by atoms with E-state index in [0.29, 0.717) is 15.0 Å². The van der Waals surface area contributed by atoms with Gasteiger partial charge in [0.15, 0.2) is 5.11 Å². The first-order valence-corrected chi connectivity index (χ1v) is 9.17. The standard InChI is InChI=1S/C18H16ClN3OS2/c1-10-7-8-12(9-11(10)2)20-18(24)22-21-17(23)16-15(19)13-5-3-4-6-14(13)25-16/h3-9H,1-2H3,(H,21,23)(H2,20,22,24). The predicted molar refractivity (Wildman–Crippen MR) is 110 cm³/mol. The molecule has 0 fully saturated rings. The summed E-state index contributed by atoms with van der Waals surface area (Å²) in [5, 5.41) is 4.66. The highest BCUT2D eigenvalue weighted by Gasteiger charge is 2.16. The molecule has 0 atom stereocenters. The van der Waals surface area contributed by atoms with Crippen molar-refractivity contribution in [2.75, 3.05) is 5.32 Å². The number of hydrazine groups is 1. The van der Waals surface area contributed by atoms with Crippen molar-refractivity contribution in [2.45, 2.75) is 13.8 Å². The van der Waals surface area contributed by atoms with E-state index in [2.05, 4.69) is 16.2 Å². The van der Waals surface area contributed by atoms with E-state index in [1.165, 1.54) is 16.9 Å². The summed E-state index contributed by atoms with van der Waals surface area (Å²) in [6, 6.07) is 13.6. The molecule has 0 aliphatic rings. The first kappa shape index (κ1) is 17.7. The van der Waals surface area contributed by atoms with Crippen molar-refractivity contribution in [1.29, 1.82) is 0 Å². The van der Waals surface area contributed by atoms with Gasteiger partial charge in [0.1, 0.15) is 4.88 Å². The van der Waals surface area contributed by atoms with Crippen LogP contribution in [0.1, 0.15) is 20.8 Å². The molecule has 0 aliphatic heterocycles. The smallest absolute Gasteiger partial charge is 0.281 e. The van der Waals surface area contributed by atoms with E-state index < -0.39 is 0 Å². The van der Waals surface area contributed by atoms with Crippen molar-refractivity contribution in [3.8, 4) is 0 Å². The van der Waals surface area contributed by atoms with Crippen LogP contribution in [0, 0.1) is 13.8 Å². The Morgan fingerprint density at radius 2 is 1.84 bits per heavy atom. The minimum Gasteiger partial charge on any atom is -0.331 e. The van der Waals surface area contributed by atoms with Crippen molar-refractivity contribution in [3.05, 3.63) is 63.5 Å². The number of carbonyl (C=O) groups is 1. The molecule has 0 saturated carbocycles. The second kappa shape index (κ2) is 7.39. The van der Waals surface area contributed by atoms with Crippen LogP contribution in [0.4, 0.5) is 5.69 Å². The van der Waals surface area contributed by atoms with Crippen LogP contribution in [0.5, 0.6) is 0 Å². The zero-order valence-corrected chi connectivity index (χ0v) is 16.0. The molecule has 1 aromatic heterocycles. The minimum absolute atomic E-state index is 0.300. The first-order chi connectivity index (χ1) is 12.0. The number of rotatable bonds is 2. The number of aryl methyl sites for hydroxylation is 2. The van der Waals surface area contributed by atoms with Crippen LogP contribution in [-0.4, -0.2) is 11.0 Å². The number of amides is 1. The van der Waals surface area contributed by atoms with Crippen LogP contribution in [-0.2, 0) is 0 Å². The van der Waals surface area contributed by atoms with E-state index in [-0.39, 0.29) is 5.91 Å². The number of fused-ring (bicyclic) bond motifs is 1. The monoisotopic (exact) mass is 389 g/mol. The van der Waals surface area contributed by atoms with Crippen molar-refractivity contribution in [2.24, 2.45) is 0 Å². The molecule has 3 rings (SSSR count). The quantitative estimate of drug-likeness (QED) is 0.435. The van der Waals surface area contributed by atoms with Gasteiger partial charge in [0, 0.05) is 15.8 Å². The fourth-order valence-corrected chi connectivity index (χ4v) is 3.89. The maximum Gasteiger partial charge on any atom is 0.281 e. The van der Waals surface area contributed by atoms with Crippen LogP contribution in [0.3, 0.4) is 0 Å². The van der Waals surface area contributed by atoms with Gasteiger partial charge in [-0.2, -0.15) is 0 Å². The molecule has 3 N–H and O–H groups in total. The third kappa shape index (κ3) is 3.92. The third-order valence-electron chi connectivity index (χ3n) is 3.80. The molecule has 2 aromatic carbocycles. The summed E-state index contributed by atoms with van der Waals surface area (Å²) in [5.41, 5.74) is 8.51. The molecule has 0 spiro atoms. The normalized spacial score (nSPS) is 10.5. The molecule has 0 radical (unpaired) electrons. The number of benzene rings is 2. The molecular weight excluding hydrogens is 374 g/mol. The average Bonchev–Trinajstić information content (AvgIpc) is 2.93. The lowest BCUT2D eigenvalue weighted by molar-refractivity contribution is 0.0948. The van der Waals surface area contributed by atoms with E-state index in [4.69, 9.17) is 23.8 Å². The summed E-state index contributed by atoms with van der Waals surface area (Å²) in [7, 11) is 0.